The molecule has 23 heavy (non-hydrogen) atoms. The van der Waals surface area contributed by atoms with E-state index in [2.05, 4.69) is 10.6 Å². The number of hydrogen-bond acceptors (Lipinski definition) is 2. The zero-order chi connectivity index (χ0) is 16.2. The molecule has 1 aliphatic carbocycles. The lowest BCUT2D eigenvalue weighted by Gasteiger charge is -2.07. The Hall–Kier alpha value is -2.82. The van der Waals surface area contributed by atoms with Crippen LogP contribution < -0.4 is 10.6 Å². The first-order valence-electron chi connectivity index (χ1n) is 7.55. The summed E-state index contributed by atoms with van der Waals surface area (Å²) < 4.78 is 0. The molecular formula is C18H18N2O3. The molecule has 3 N–H and O–H groups in total. The second-order valence-electron chi connectivity index (χ2n) is 5.69. The van der Waals surface area contributed by atoms with Gasteiger partial charge in [0.25, 0.3) is 5.91 Å². The molecule has 2 amide bonds. The summed E-state index contributed by atoms with van der Waals surface area (Å²) in [5.74, 6) is 0.0343. The van der Waals surface area contributed by atoms with Crippen LogP contribution in [-0.4, -0.2) is 23.1 Å². The van der Waals surface area contributed by atoms with E-state index in [9.17, 15) is 9.59 Å². The van der Waals surface area contributed by atoms with Gasteiger partial charge in [-0.1, -0.05) is 42.5 Å². The van der Waals surface area contributed by atoms with Crippen LogP contribution in [-0.2, 0) is 6.54 Å². The van der Waals surface area contributed by atoms with Gasteiger partial charge in [0, 0.05) is 24.1 Å². The molecule has 3 rings (SSSR count). The van der Waals surface area contributed by atoms with Gasteiger partial charge < -0.3 is 15.7 Å². The van der Waals surface area contributed by atoms with E-state index < -0.39 is 6.09 Å². The maximum absolute atomic E-state index is 12.3. The second kappa shape index (κ2) is 6.52. The van der Waals surface area contributed by atoms with Gasteiger partial charge in [0.1, 0.15) is 0 Å². The smallest absolute Gasteiger partial charge is 0.404 e. The van der Waals surface area contributed by atoms with Gasteiger partial charge in [0.05, 0.1) is 0 Å². The molecule has 2 atom stereocenters. The zero-order valence-electron chi connectivity index (χ0n) is 12.5. The predicted molar refractivity (Wildman–Crippen MR) is 86.4 cm³/mol. The molecule has 2 unspecified atom stereocenters. The van der Waals surface area contributed by atoms with Crippen LogP contribution in [0.1, 0.15) is 33.8 Å². The topological polar surface area (TPSA) is 78.4 Å². The number of carbonyl (C=O) groups is 2. The highest BCUT2D eigenvalue weighted by atomic mass is 16.4. The summed E-state index contributed by atoms with van der Waals surface area (Å²) in [6.07, 6.45) is -0.226. The number of rotatable bonds is 5. The SMILES string of the molecule is O=C(O)NC1CC1c1cccc(C(=O)NCc2ccccc2)c1. The number of benzene rings is 2. The molecule has 0 aromatic heterocycles. The molecule has 5 nitrogen and oxygen atoms in total. The van der Waals surface area contributed by atoms with Gasteiger partial charge in [-0.05, 0) is 29.7 Å². The highest BCUT2D eigenvalue weighted by molar-refractivity contribution is 5.94. The Balaban J connectivity index is 1.61. The fourth-order valence-corrected chi connectivity index (χ4v) is 2.67. The number of carbonyl (C=O) groups excluding carboxylic acids is 1. The molecule has 2 aromatic rings. The third-order valence-corrected chi connectivity index (χ3v) is 3.97. The van der Waals surface area contributed by atoms with Crippen LogP contribution in [0.3, 0.4) is 0 Å². The predicted octanol–water partition coefficient (Wildman–Crippen LogP) is 2.74. The van der Waals surface area contributed by atoms with Crippen LogP contribution in [0.25, 0.3) is 0 Å². The number of amides is 2. The lowest BCUT2D eigenvalue weighted by molar-refractivity contribution is 0.0950. The zero-order valence-corrected chi connectivity index (χ0v) is 12.5. The van der Waals surface area contributed by atoms with E-state index in [4.69, 9.17) is 5.11 Å². The van der Waals surface area contributed by atoms with Crippen molar-refractivity contribution in [2.24, 2.45) is 0 Å². The molecule has 0 bridgehead atoms. The average Bonchev–Trinajstić information content (AvgIpc) is 3.32. The fraction of sp³-hybridized carbons (Fsp3) is 0.222. The Kier molecular flexibility index (Phi) is 4.28. The minimum atomic E-state index is -1.01. The van der Waals surface area contributed by atoms with Crippen molar-refractivity contribution < 1.29 is 14.7 Å². The maximum Gasteiger partial charge on any atom is 0.404 e. The molecule has 5 heteroatoms. The van der Waals surface area contributed by atoms with E-state index in [0.717, 1.165) is 17.5 Å². The molecule has 1 fully saturated rings. The normalized spacial score (nSPS) is 19.0. The lowest BCUT2D eigenvalue weighted by atomic mass is 10.1. The van der Waals surface area contributed by atoms with Crippen molar-refractivity contribution in [3.63, 3.8) is 0 Å². The molecule has 0 heterocycles. The molecule has 1 saturated carbocycles. The molecule has 0 spiro atoms. The highest BCUT2D eigenvalue weighted by Crippen LogP contribution is 2.40. The van der Waals surface area contributed by atoms with Crippen LogP contribution in [0.2, 0.25) is 0 Å². The minimum absolute atomic E-state index is 0.0462. The summed E-state index contributed by atoms with van der Waals surface area (Å²) in [6, 6.07) is 17.1. The lowest BCUT2D eigenvalue weighted by Crippen LogP contribution is -2.24. The van der Waals surface area contributed by atoms with Gasteiger partial charge >= 0.3 is 6.09 Å². The quantitative estimate of drug-likeness (QED) is 0.794. The maximum atomic E-state index is 12.3. The molecular weight excluding hydrogens is 292 g/mol. The molecule has 1 aliphatic rings. The van der Waals surface area contributed by atoms with Crippen LogP contribution in [0.15, 0.2) is 54.6 Å². The summed E-state index contributed by atoms with van der Waals surface area (Å²) >= 11 is 0. The molecule has 2 aromatic carbocycles. The first kappa shape index (κ1) is 15.1. The van der Waals surface area contributed by atoms with Crippen LogP contribution >= 0.6 is 0 Å². The van der Waals surface area contributed by atoms with Crippen molar-refractivity contribution in [3.05, 3.63) is 71.3 Å². The highest BCUT2D eigenvalue weighted by Gasteiger charge is 2.39. The summed E-state index contributed by atoms with van der Waals surface area (Å²) in [6.45, 7) is 0.483. The third kappa shape index (κ3) is 3.88. The van der Waals surface area contributed by atoms with Gasteiger partial charge in [0.2, 0.25) is 0 Å². The minimum Gasteiger partial charge on any atom is -0.465 e. The summed E-state index contributed by atoms with van der Waals surface area (Å²) in [4.78, 5) is 22.9. The number of carboxylic acid groups (broad SMARTS) is 1. The van der Waals surface area contributed by atoms with Gasteiger partial charge in [-0.3, -0.25) is 4.79 Å². The second-order valence-corrected chi connectivity index (χ2v) is 5.69. The van der Waals surface area contributed by atoms with Crippen LogP contribution in [0.4, 0.5) is 4.79 Å². The first-order valence-corrected chi connectivity index (χ1v) is 7.55. The monoisotopic (exact) mass is 310 g/mol. The molecule has 0 saturated heterocycles. The Labute approximate surface area is 134 Å². The Morgan fingerprint density at radius 1 is 1.09 bits per heavy atom. The van der Waals surface area contributed by atoms with Crippen molar-refractivity contribution in [2.75, 3.05) is 0 Å². The van der Waals surface area contributed by atoms with E-state index >= 15 is 0 Å². The summed E-state index contributed by atoms with van der Waals surface area (Å²) in [7, 11) is 0. The van der Waals surface area contributed by atoms with Gasteiger partial charge in [-0.25, -0.2) is 4.79 Å². The summed E-state index contributed by atoms with van der Waals surface area (Å²) in [5.41, 5.74) is 2.64. The Morgan fingerprint density at radius 2 is 1.87 bits per heavy atom. The van der Waals surface area contributed by atoms with E-state index in [0.29, 0.717) is 12.1 Å². The molecule has 118 valence electrons. The fourth-order valence-electron chi connectivity index (χ4n) is 2.67. The van der Waals surface area contributed by atoms with E-state index in [1.165, 1.54) is 0 Å². The van der Waals surface area contributed by atoms with Gasteiger partial charge in [0.15, 0.2) is 0 Å². The van der Waals surface area contributed by atoms with Crippen molar-refractivity contribution in [1.82, 2.24) is 10.6 Å². The number of hydrogen-bond donors (Lipinski definition) is 3. The molecule has 0 radical (unpaired) electrons. The standard InChI is InChI=1S/C18H18N2O3/c21-17(19-11-12-5-2-1-3-6-12)14-8-4-7-13(9-14)15-10-16(15)20-18(22)23/h1-9,15-16,20H,10-11H2,(H,19,21)(H,22,23). The molecule has 0 aliphatic heterocycles. The average molecular weight is 310 g/mol. The van der Waals surface area contributed by atoms with Crippen LogP contribution in [0, 0.1) is 0 Å². The van der Waals surface area contributed by atoms with E-state index in [1.807, 2.05) is 48.5 Å². The van der Waals surface area contributed by atoms with Crippen molar-refractivity contribution in [3.8, 4) is 0 Å². The largest absolute Gasteiger partial charge is 0.465 e. The van der Waals surface area contributed by atoms with Crippen molar-refractivity contribution >= 4 is 12.0 Å². The van der Waals surface area contributed by atoms with Gasteiger partial charge in [-0.15, -0.1) is 0 Å². The first-order chi connectivity index (χ1) is 11.1. The number of nitrogens with one attached hydrogen (secondary N) is 2. The Morgan fingerprint density at radius 3 is 2.61 bits per heavy atom. The van der Waals surface area contributed by atoms with Gasteiger partial charge in [-0.2, -0.15) is 0 Å². The summed E-state index contributed by atoms with van der Waals surface area (Å²) in [5, 5.41) is 14.1. The third-order valence-electron chi connectivity index (χ3n) is 3.97. The van der Waals surface area contributed by atoms with E-state index in [-0.39, 0.29) is 17.9 Å². The van der Waals surface area contributed by atoms with Crippen molar-refractivity contribution in [1.29, 1.82) is 0 Å². The van der Waals surface area contributed by atoms with E-state index in [1.54, 1.807) is 6.07 Å². The van der Waals surface area contributed by atoms with Crippen LogP contribution in [0.5, 0.6) is 0 Å². The Bertz CT molecular complexity index is 715. The van der Waals surface area contributed by atoms with Crippen molar-refractivity contribution in [2.45, 2.75) is 24.9 Å².